The second-order valence-corrected chi connectivity index (χ2v) is 5.28. The quantitative estimate of drug-likeness (QED) is 0.758. The maximum Gasteiger partial charge on any atom is 0.0934 e. The predicted octanol–water partition coefficient (Wildman–Crippen LogP) is 4.31. The molecule has 0 amide bonds. The second kappa shape index (κ2) is 6.00. The normalized spacial score (nSPS) is 17.6. The number of nitriles is 1. The Morgan fingerprint density at radius 3 is 2.72 bits per heavy atom. The fourth-order valence-corrected chi connectivity index (χ4v) is 3.20. The van der Waals surface area contributed by atoms with E-state index in [1.54, 1.807) is 0 Å². The average molecular weight is 245 g/mol. The van der Waals surface area contributed by atoms with Crippen LogP contribution in [0.2, 0.25) is 0 Å². The number of benzene rings is 1. The van der Waals surface area contributed by atoms with Gasteiger partial charge in [-0.25, -0.2) is 0 Å². The Hall–Kier alpha value is -1.36. The molecule has 1 nitrogen and oxygen atoms in total. The molecule has 0 spiro atoms. The zero-order valence-electron chi connectivity index (χ0n) is 10.8. The summed E-state index contributed by atoms with van der Waals surface area (Å²) >= 11 is 0. The van der Waals surface area contributed by atoms with Crippen LogP contribution in [0.5, 0.6) is 0 Å². The van der Waals surface area contributed by atoms with Crippen LogP contribution < -0.4 is 0 Å². The third kappa shape index (κ3) is 2.72. The molecule has 0 aromatic heterocycles. The van der Waals surface area contributed by atoms with E-state index in [2.05, 4.69) is 18.2 Å². The number of alkyl halides is 1. The van der Waals surface area contributed by atoms with Crippen molar-refractivity contribution >= 4 is 0 Å². The van der Waals surface area contributed by atoms with Crippen LogP contribution in [0.25, 0.3) is 0 Å². The van der Waals surface area contributed by atoms with Gasteiger partial charge in [0, 0.05) is 12.8 Å². The first-order valence-electron chi connectivity index (χ1n) is 6.83. The van der Waals surface area contributed by atoms with E-state index in [4.69, 9.17) is 5.26 Å². The van der Waals surface area contributed by atoms with Gasteiger partial charge in [0.15, 0.2) is 0 Å². The van der Waals surface area contributed by atoms with Crippen molar-refractivity contribution in [2.75, 3.05) is 6.67 Å². The lowest BCUT2D eigenvalue weighted by Gasteiger charge is -2.29. The first-order chi connectivity index (χ1) is 8.80. The lowest BCUT2D eigenvalue weighted by molar-refractivity contribution is 0.410. The highest BCUT2D eigenvalue weighted by Crippen LogP contribution is 2.44. The summed E-state index contributed by atoms with van der Waals surface area (Å²) in [6.45, 7) is -0.297. The van der Waals surface area contributed by atoms with Crippen molar-refractivity contribution in [1.29, 1.82) is 5.26 Å². The molecule has 0 heterocycles. The van der Waals surface area contributed by atoms with Crippen molar-refractivity contribution in [3.63, 3.8) is 0 Å². The van der Waals surface area contributed by atoms with Gasteiger partial charge in [-0.05, 0) is 35.8 Å². The fourth-order valence-electron chi connectivity index (χ4n) is 3.20. The maximum absolute atomic E-state index is 12.4. The molecule has 0 aliphatic heterocycles. The van der Waals surface area contributed by atoms with Crippen LogP contribution in [0.4, 0.5) is 4.39 Å². The molecular formula is C16H20FN. The topological polar surface area (TPSA) is 23.8 Å². The molecule has 1 aromatic carbocycles. The molecule has 2 rings (SSSR count). The van der Waals surface area contributed by atoms with Crippen molar-refractivity contribution < 1.29 is 4.39 Å². The van der Waals surface area contributed by atoms with Gasteiger partial charge in [-0.3, -0.25) is 4.39 Å². The lowest BCUT2D eigenvalue weighted by Crippen LogP contribution is -2.22. The molecule has 1 fully saturated rings. The Labute approximate surface area is 109 Å². The van der Waals surface area contributed by atoms with Crippen molar-refractivity contribution in [3.8, 4) is 6.07 Å². The number of hydrogen-bond acceptors (Lipinski definition) is 1. The first kappa shape index (κ1) is 13.1. The van der Waals surface area contributed by atoms with Crippen LogP contribution >= 0.6 is 0 Å². The minimum atomic E-state index is -0.297. The summed E-state index contributed by atoms with van der Waals surface area (Å²) in [5.74, 6) is 0. The fraction of sp³-hybridized carbons (Fsp3) is 0.562. The van der Waals surface area contributed by atoms with Gasteiger partial charge >= 0.3 is 0 Å². The Balaban J connectivity index is 2.25. The largest absolute Gasteiger partial charge is 0.251 e. The highest BCUT2D eigenvalue weighted by Gasteiger charge is 2.34. The van der Waals surface area contributed by atoms with Gasteiger partial charge in [0.05, 0.1) is 12.7 Å². The summed E-state index contributed by atoms with van der Waals surface area (Å²) in [4.78, 5) is 0. The SMILES string of the molecule is N#CCCC1(c2cccc(CCF)c2)CCCC1. The summed E-state index contributed by atoms with van der Waals surface area (Å²) in [5, 5.41) is 8.83. The van der Waals surface area contributed by atoms with Crippen molar-refractivity contribution in [3.05, 3.63) is 35.4 Å². The van der Waals surface area contributed by atoms with E-state index in [1.807, 2.05) is 12.1 Å². The minimum absolute atomic E-state index is 0.183. The number of nitrogens with zero attached hydrogens (tertiary/aromatic N) is 1. The monoisotopic (exact) mass is 245 g/mol. The number of aryl methyl sites for hydroxylation is 1. The Morgan fingerprint density at radius 2 is 2.06 bits per heavy atom. The van der Waals surface area contributed by atoms with Crippen molar-refractivity contribution in [1.82, 2.24) is 0 Å². The van der Waals surface area contributed by atoms with Gasteiger partial charge in [0.25, 0.3) is 0 Å². The van der Waals surface area contributed by atoms with Gasteiger partial charge in [0.1, 0.15) is 0 Å². The van der Waals surface area contributed by atoms with Gasteiger partial charge < -0.3 is 0 Å². The van der Waals surface area contributed by atoms with Crippen LogP contribution in [-0.4, -0.2) is 6.67 Å². The van der Waals surface area contributed by atoms with E-state index in [1.165, 1.54) is 31.2 Å². The molecule has 96 valence electrons. The molecular weight excluding hydrogens is 225 g/mol. The van der Waals surface area contributed by atoms with Crippen LogP contribution in [0.15, 0.2) is 24.3 Å². The summed E-state index contributed by atoms with van der Waals surface area (Å²) in [5.41, 5.74) is 2.58. The summed E-state index contributed by atoms with van der Waals surface area (Å²) in [6, 6.07) is 10.6. The van der Waals surface area contributed by atoms with E-state index in [9.17, 15) is 4.39 Å². The number of hydrogen-bond donors (Lipinski definition) is 0. The first-order valence-corrected chi connectivity index (χ1v) is 6.83. The van der Waals surface area contributed by atoms with Gasteiger partial charge in [-0.15, -0.1) is 0 Å². The van der Waals surface area contributed by atoms with Crippen LogP contribution in [0, 0.1) is 11.3 Å². The Morgan fingerprint density at radius 1 is 1.28 bits per heavy atom. The summed E-state index contributed by atoms with van der Waals surface area (Å²) < 4.78 is 12.4. The van der Waals surface area contributed by atoms with E-state index < -0.39 is 0 Å². The molecule has 0 N–H and O–H groups in total. The third-order valence-corrected chi connectivity index (χ3v) is 4.20. The Kier molecular flexibility index (Phi) is 4.36. The van der Waals surface area contributed by atoms with Crippen LogP contribution in [0.3, 0.4) is 0 Å². The molecule has 0 radical (unpaired) electrons. The number of halogens is 1. The summed E-state index contributed by atoms with van der Waals surface area (Å²) in [6.07, 6.45) is 6.91. The van der Waals surface area contributed by atoms with Crippen LogP contribution in [0.1, 0.15) is 49.7 Å². The zero-order chi connectivity index (χ0) is 12.8. The predicted molar refractivity (Wildman–Crippen MR) is 71.1 cm³/mol. The minimum Gasteiger partial charge on any atom is -0.251 e. The maximum atomic E-state index is 12.4. The lowest BCUT2D eigenvalue weighted by atomic mass is 9.75. The van der Waals surface area contributed by atoms with Crippen molar-refractivity contribution in [2.24, 2.45) is 0 Å². The molecule has 1 aromatic rings. The van der Waals surface area contributed by atoms with Crippen LogP contribution in [-0.2, 0) is 11.8 Å². The average Bonchev–Trinajstić information content (AvgIpc) is 2.87. The molecule has 0 atom stereocenters. The van der Waals surface area contributed by atoms with Gasteiger partial charge in [-0.2, -0.15) is 5.26 Å². The van der Waals surface area contributed by atoms with Gasteiger partial charge in [0.2, 0.25) is 0 Å². The molecule has 18 heavy (non-hydrogen) atoms. The standard InChI is InChI=1S/C16H20FN/c17-11-7-14-5-3-6-15(13-14)16(10-4-12-18)8-1-2-9-16/h3,5-6,13H,1-2,4,7-11H2. The molecule has 0 bridgehead atoms. The third-order valence-electron chi connectivity index (χ3n) is 4.20. The highest BCUT2D eigenvalue weighted by atomic mass is 19.1. The van der Waals surface area contributed by atoms with E-state index in [0.717, 1.165) is 12.0 Å². The summed E-state index contributed by atoms with van der Waals surface area (Å²) in [7, 11) is 0. The number of rotatable bonds is 5. The molecule has 0 saturated heterocycles. The molecule has 0 unspecified atom stereocenters. The van der Waals surface area contributed by atoms with Gasteiger partial charge in [-0.1, -0.05) is 37.1 Å². The van der Waals surface area contributed by atoms with Crippen molar-refractivity contribution in [2.45, 2.75) is 50.4 Å². The second-order valence-electron chi connectivity index (χ2n) is 5.28. The van der Waals surface area contributed by atoms with E-state index in [-0.39, 0.29) is 12.1 Å². The molecule has 2 heteroatoms. The molecule has 1 aliphatic rings. The van der Waals surface area contributed by atoms with E-state index >= 15 is 0 Å². The smallest absolute Gasteiger partial charge is 0.0934 e. The zero-order valence-corrected chi connectivity index (χ0v) is 10.8. The molecule has 1 aliphatic carbocycles. The Bertz CT molecular complexity index is 427. The molecule has 1 saturated carbocycles. The van der Waals surface area contributed by atoms with E-state index in [0.29, 0.717) is 12.8 Å². The highest BCUT2D eigenvalue weighted by molar-refractivity contribution is 5.31.